The van der Waals surface area contributed by atoms with E-state index >= 15 is 0 Å². The van der Waals surface area contributed by atoms with Crippen LogP contribution in [0.15, 0.2) is 0 Å². The van der Waals surface area contributed by atoms with Crippen molar-refractivity contribution in [3.05, 3.63) is 11.6 Å². The predicted molar refractivity (Wildman–Crippen MR) is 83.4 cm³/mol. The van der Waals surface area contributed by atoms with Gasteiger partial charge < -0.3 is 10.2 Å². The maximum Gasteiger partial charge on any atom is 0.318 e. The zero-order valence-electron chi connectivity index (χ0n) is 13.5. The van der Waals surface area contributed by atoms with Gasteiger partial charge >= 0.3 is 6.03 Å². The van der Waals surface area contributed by atoms with Gasteiger partial charge in [0.25, 0.3) is 0 Å². The van der Waals surface area contributed by atoms with E-state index in [1.807, 2.05) is 11.8 Å². The molecule has 0 aliphatic carbocycles. The van der Waals surface area contributed by atoms with Crippen LogP contribution in [0.2, 0.25) is 0 Å². The number of aromatic nitrogens is 3. The van der Waals surface area contributed by atoms with E-state index in [4.69, 9.17) is 0 Å². The summed E-state index contributed by atoms with van der Waals surface area (Å²) < 4.78 is 0. The maximum absolute atomic E-state index is 12.4. The van der Waals surface area contributed by atoms with Crippen molar-refractivity contribution in [1.29, 1.82) is 0 Å². The summed E-state index contributed by atoms with van der Waals surface area (Å²) in [6.45, 7) is 7.79. The molecule has 22 heavy (non-hydrogen) atoms. The minimum absolute atomic E-state index is 0.00338. The Kier molecular flexibility index (Phi) is 4.61. The summed E-state index contributed by atoms with van der Waals surface area (Å²) in [6.07, 6.45) is 4.46. The van der Waals surface area contributed by atoms with Crippen LogP contribution in [0.1, 0.15) is 44.8 Å². The van der Waals surface area contributed by atoms with E-state index in [9.17, 15) is 4.79 Å². The average Bonchev–Trinajstić information content (AvgIpc) is 3.25. The number of aryl methyl sites for hydroxylation is 1. The number of likely N-dealkylation sites (tertiary alicyclic amines) is 2. The van der Waals surface area contributed by atoms with Crippen LogP contribution in [-0.2, 0) is 13.0 Å². The van der Waals surface area contributed by atoms with Gasteiger partial charge in [-0.1, -0.05) is 6.92 Å². The number of nitrogens with zero attached hydrogens (tertiary/aromatic N) is 4. The first-order valence-electron chi connectivity index (χ1n) is 8.37. The van der Waals surface area contributed by atoms with Gasteiger partial charge in [-0.15, -0.1) is 0 Å². The summed E-state index contributed by atoms with van der Waals surface area (Å²) >= 11 is 0. The highest BCUT2D eigenvalue weighted by atomic mass is 16.2. The molecule has 0 aromatic carbocycles. The first-order chi connectivity index (χ1) is 10.7. The van der Waals surface area contributed by atoms with Crippen LogP contribution in [0.5, 0.6) is 0 Å². The molecule has 1 aromatic heterocycles. The molecule has 2 N–H and O–H groups in total. The van der Waals surface area contributed by atoms with Gasteiger partial charge in [-0.05, 0) is 39.3 Å². The molecule has 7 nitrogen and oxygen atoms in total. The molecule has 1 aromatic rings. The molecule has 3 heterocycles. The van der Waals surface area contributed by atoms with Crippen LogP contribution < -0.4 is 5.32 Å². The van der Waals surface area contributed by atoms with Crippen LogP contribution in [0.3, 0.4) is 0 Å². The molecule has 0 bridgehead atoms. The number of hydrogen-bond acceptors (Lipinski definition) is 4. The van der Waals surface area contributed by atoms with Gasteiger partial charge in [0, 0.05) is 25.0 Å². The van der Waals surface area contributed by atoms with Gasteiger partial charge in [0.05, 0.1) is 6.54 Å². The van der Waals surface area contributed by atoms with E-state index in [0.717, 1.165) is 25.2 Å². The number of hydrogen-bond donors (Lipinski definition) is 2. The summed E-state index contributed by atoms with van der Waals surface area (Å²) in [4.78, 5) is 21.2. The fraction of sp³-hybridized carbons (Fsp3) is 0.800. The molecule has 2 aliphatic rings. The predicted octanol–water partition coefficient (Wildman–Crippen LogP) is 1.14. The van der Waals surface area contributed by atoms with Crippen molar-refractivity contribution in [2.24, 2.45) is 0 Å². The number of carbonyl (C=O) groups is 1. The topological polar surface area (TPSA) is 77.2 Å². The third-order valence-electron chi connectivity index (χ3n) is 4.89. The molecule has 2 saturated heterocycles. The average molecular weight is 306 g/mol. The van der Waals surface area contributed by atoms with Crippen LogP contribution in [0, 0.1) is 0 Å². The Morgan fingerprint density at radius 3 is 2.82 bits per heavy atom. The quantitative estimate of drug-likeness (QED) is 0.874. The molecule has 0 saturated carbocycles. The zero-order chi connectivity index (χ0) is 15.5. The van der Waals surface area contributed by atoms with Gasteiger partial charge in [-0.3, -0.25) is 10.00 Å². The van der Waals surface area contributed by atoms with Crippen molar-refractivity contribution in [2.75, 3.05) is 19.6 Å². The number of urea groups is 1. The van der Waals surface area contributed by atoms with Crippen LogP contribution in [0.25, 0.3) is 0 Å². The molecule has 7 heteroatoms. The Balaban J connectivity index is 1.51. The van der Waals surface area contributed by atoms with Crippen molar-refractivity contribution < 1.29 is 4.79 Å². The second-order valence-electron chi connectivity index (χ2n) is 6.24. The minimum Gasteiger partial charge on any atom is -0.331 e. The summed E-state index contributed by atoms with van der Waals surface area (Å²) in [7, 11) is 0. The maximum atomic E-state index is 12.4. The molecule has 0 spiro atoms. The van der Waals surface area contributed by atoms with Crippen molar-refractivity contribution in [3.63, 3.8) is 0 Å². The van der Waals surface area contributed by atoms with Gasteiger partial charge in [0.2, 0.25) is 0 Å². The van der Waals surface area contributed by atoms with E-state index in [1.54, 1.807) is 0 Å². The summed E-state index contributed by atoms with van der Waals surface area (Å²) in [5, 5.41) is 9.90. The lowest BCUT2D eigenvalue weighted by molar-refractivity contribution is 0.168. The molecule has 2 atom stereocenters. The molecule has 3 rings (SSSR count). The van der Waals surface area contributed by atoms with Gasteiger partial charge in [0.15, 0.2) is 5.82 Å². The highest BCUT2D eigenvalue weighted by Crippen LogP contribution is 2.25. The first kappa shape index (κ1) is 15.3. The number of rotatable bonds is 4. The highest BCUT2D eigenvalue weighted by molar-refractivity contribution is 5.74. The number of carbonyl (C=O) groups excluding carboxylic acids is 1. The molecular weight excluding hydrogens is 280 g/mol. The molecule has 0 unspecified atom stereocenters. The van der Waals surface area contributed by atoms with E-state index in [-0.39, 0.29) is 12.1 Å². The smallest absolute Gasteiger partial charge is 0.318 e. The van der Waals surface area contributed by atoms with Crippen molar-refractivity contribution >= 4 is 6.03 Å². The number of aromatic amines is 1. The fourth-order valence-corrected chi connectivity index (χ4v) is 3.60. The van der Waals surface area contributed by atoms with E-state index < -0.39 is 0 Å². The number of H-pyrrole nitrogens is 1. The normalized spacial score (nSPS) is 25.8. The third kappa shape index (κ3) is 3.09. The van der Waals surface area contributed by atoms with Crippen molar-refractivity contribution in [1.82, 2.24) is 30.3 Å². The largest absolute Gasteiger partial charge is 0.331 e. The first-order valence-corrected chi connectivity index (χ1v) is 8.37. The molecule has 2 fully saturated rings. The lowest BCUT2D eigenvalue weighted by atomic mass is 10.1. The number of nitrogens with one attached hydrogen (secondary N) is 2. The molecule has 122 valence electrons. The molecular formula is C15H26N6O. The Bertz CT molecular complexity index is 510. The molecule has 0 radical (unpaired) electrons. The molecule has 2 aliphatic heterocycles. The van der Waals surface area contributed by atoms with E-state index in [0.29, 0.717) is 18.4 Å². The van der Waals surface area contributed by atoms with Crippen molar-refractivity contribution in [2.45, 2.75) is 58.2 Å². The van der Waals surface area contributed by atoms with Gasteiger partial charge in [-0.25, -0.2) is 9.78 Å². The second-order valence-corrected chi connectivity index (χ2v) is 6.24. The second kappa shape index (κ2) is 6.64. The molecule has 2 amide bonds. The Labute approximate surface area is 131 Å². The Hall–Kier alpha value is -1.63. The lowest BCUT2D eigenvalue weighted by Gasteiger charge is -2.30. The minimum atomic E-state index is 0.00338. The summed E-state index contributed by atoms with van der Waals surface area (Å²) in [5.74, 6) is 1.50. The van der Waals surface area contributed by atoms with Crippen LogP contribution >= 0.6 is 0 Å². The zero-order valence-corrected chi connectivity index (χ0v) is 13.5. The van der Waals surface area contributed by atoms with Crippen LogP contribution in [-0.4, -0.2) is 62.7 Å². The SMILES string of the molecule is CCc1n[nH]c(CNC(=O)N2CC[C@@H](N3CCCC3)[C@H]2C)n1. The van der Waals surface area contributed by atoms with E-state index in [1.165, 1.54) is 25.9 Å². The standard InChI is InChI=1S/C15H26N6O/c1-3-13-17-14(19-18-13)10-16-15(22)21-9-6-12(11(21)2)20-7-4-5-8-20/h11-12H,3-10H2,1-2H3,(H,16,22)(H,17,18,19)/t11-,12-/m1/s1. The van der Waals surface area contributed by atoms with Crippen molar-refractivity contribution in [3.8, 4) is 0 Å². The monoisotopic (exact) mass is 306 g/mol. The van der Waals surface area contributed by atoms with E-state index in [2.05, 4.69) is 32.3 Å². The lowest BCUT2D eigenvalue weighted by Crippen LogP contribution is -2.47. The fourth-order valence-electron chi connectivity index (χ4n) is 3.60. The highest BCUT2D eigenvalue weighted by Gasteiger charge is 2.37. The summed E-state index contributed by atoms with van der Waals surface area (Å²) in [6, 6.07) is 0.799. The summed E-state index contributed by atoms with van der Waals surface area (Å²) in [5.41, 5.74) is 0. The van der Waals surface area contributed by atoms with Gasteiger partial charge in [-0.2, -0.15) is 5.10 Å². The number of amides is 2. The Morgan fingerprint density at radius 1 is 1.36 bits per heavy atom. The van der Waals surface area contributed by atoms with Crippen LogP contribution in [0.4, 0.5) is 4.79 Å². The third-order valence-corrected chi connectivity index (χ3v) is 4.89. The Morgan fingerprint density at radius 2 is 2.14 bits per heavy atom. The van der Waals surface area contributed by atoms with Gasteiger partial charge in [0.1, 0.15) is 5.82 Å².